The number of rotatable bonds is 7. The fourth-order valence-corrected chi connectivity index (χ4v) is 4.25. The third-order valence-electron chi connectivity index (χ3n) is 4.12. The maximum absolute atomic E-state index is 12.4. The number of hydrogen-bond donors (Lipinski definition) is 1. The van der Waals surface area contributed by atoms with Gasteiger partial charge in [0.15, 0.2) is 11.0 Å². The number of thioether (sulfide) groups is 1. The molecular formula is C19H22N4O2S2. The number of nitrogens with one attached hydrogen (secondary N) is 1. The second kappa shape index (κ2) is 8.58. The van der Waals surface area contributed by atoms with Gasteiger partial charge < -0.3 is 14.6 Å². The average Bonchev–Trinajstić information content (AvgIpc) is 3.31. The number of amides is 1. The Morgan fingerprint density at radius 3 is 2.78 bits per heavy atom. The SMILES string of the molecule is CCn1c(SCC(=O)Nc2cc(C)c(OC)cc2C)nnc1-c1cccs1. The molecular weight excluding hydrogens is 380 g/mol. The van der Waals surface area contributed by atoms with Crippen LogP contribution in [0.25, 0.3) is 10.7 Å². The molecule has 1 aromatic carbocycles. The molecule has 0 atom stereocenters. The first-order valence-electron chi connectivity index (χ1n) is 8.58. The van der Waals surface area contributed by atoms with Gasteiger partial charge in [0, 0.05) is 12.2 Å². The van der Waals surface area contributed by atoms with Crippen molar-refractivity contribution < 1.29 is 9.53 Å². The largest absolute Gasteiger partial charge is 0.496 e. The van der Waals surface area contributed by atoms with Crippen LogP contribution in [0.5, 0.6) is 5.75 Å². The summed E-state index contributed by atoms with van der Waals surface area (Å²) in [5.74, 6) is 1.86. The number of hydrogen-bond acceptors (Lipinski definition) is 6. The summed E-state index contributed by atoms with van der Waals surface area (Å²) in [4.78, 5) is 13.5. The van der Waals surface area contributed by atoms with Gasteiger partial charge in [0.25, 0.3) is 0 Å². The molecule has 1 amide bonds. The van der Waals surface area contributed by atoms with Crippen molar-refractivity contribution in [1.29, 1.82) is 0 Å². The molecule has 0 saturated heterocycles. The Hall–Kier alpha value is -2.32. The summed E-state index contributed by atoms with van der Waals surface area (Å²) in [6.07, 6.45) is 0. The van der Waals surface area contributed by atoms with E-state index in [0.29, 0.717) is 0 Å². The van der Waals surface area contributed by atoms with Crippen LogP contribution in [0.3, 0.4) is 0 Å². The highest BCUT2D eigenvalue weighted by atomic mass is 32.2. The lowest BCUT2D eigenvalue weighted by molar-refractivity contribution is -0.113. The van der Waals surface area contributed by atoms with Crippen molar-refractivity contribution in [2.45, 2.75) is 32.5 Å². The number of nitrogens with zero attached hydrogens (tertiary/aromatic N) is 3. The lowest BCUT2D eigenvalue weighted by Gasteiger charge is -2.12. The molecule has 142 valence electrons. The smallest absolute Gasteiger partial charge is 0.234 e. The van der Waals surface area contributed by atoms with Gasteiger partial charge in [0.05, 0.1) is 17.7 Å². The van der Waals surface area contributed by atoms with E-state index in [2.05, 4.69) is 15.5 Å². The number of carbonyl (C=O) groups is 1. The summed E-state index contributed by atoms with van der Waals surface area (Å²) >= 11 is 3.02. The Bertz CT molecular complexity index is 936. The Balaban J connectivity index is 1.67. The minimum Gasteiger partial charge on any atom is -0.496 e. The number of methoxy groups -OCH3 is 1. The summed E-state index contributed by atoms with van der Waals surface area (Å²) in [6, 6.07) is 7.88. The van der Waals surface area contributed by atoms with Gasteiger partial charge in [-0.2, -0.15) is 0 Å². The van der Waals surface area contributed by atoms with Crippen molar-refractivity contribution in [3.05, 3.63) is 40.8 Å². The average molecular weight is 403 g/mol. The van der Waals surface area contributed by atoms with E-state index in [1.807, 2.05) is 55.0 Å². The Kier molecular flexibility index (Phi) is 6.18. The number of thiophene rings is 1. The molecule has 8 heteroatoms. The zero-order valence-electron chi connectivity index (χ0n) is 15.8. The molecule has 0 saturated carbocycles. The van der Waals surface area contributed by atoms with E-state index in [1.54, 1.807) is 18.4 Å². The van der Waals surface area contributed by atoms with Crippen LogP contribution in [0.2, 0.25) is 0 Å². The fraction of sp³-hybridized carbons (Fsp3) is 0.316. The summed E-state index contributed by atoms with van der Waals surface area (Å²) in [6.45, 7) is 6.71. The van der Waals surface area contributed by atoms with Crippen LogP contribution in [0, 0.1) is 13.8 Å². The zero-order valence-corrected chi connectivity index (χ0v) is 17.4. The van der Waals surface area contributed by atoms with Crippen LogP contribution in [-0.2, 0) is 11.3 Å². The molecule has 0 unspecified atom stereocenters. The van der Waals surface area contributed by atoms with Gasteiger partial charge in [-0.05, 0) is 55.5 Å². The predicted molar refractivity (Wildman–Crippen MR) is 111 cm³/mol. The Morgan fingerprint density at radius 2 is 2.11 bits per heavy atom. The Labute approximate surface area is 167 Å². The predicted octanol–water partition coefficient (Wildman–Crippen LogP) is 4.38. The second-order valence-corrected chi connectivity index (χ2v) is 7.89. The molecule has 1 N–H and O–H groups in total. The van der Waals surface area contributed by atoms with Crippen LogP contribution >= 0.6 is 23.1 Å². The van der Waals surface area contributed by atoms with Crippen molar-refractivity contribution in [2.24, 2.45) is 0 Å². The maximum atomic E-state index is 12.4. The van der Waals surface area contributed by atoms with E-state index in [1.165, 1.54) is 11.8 Å². The number of aryl methyl sites for hydroxylation is 2. The topological polar surface area (TPSA) is 69.0 Å². The summed E-state index contributed by atoms with van der Waals surface area (Å²) < 4.78 is 7.35. The van der Waals surface area contributed by atoms with Crippen molar-refractivity contribution in [3.63, 3.8) is 0 Å². The van der Waals surface area contributed by atoms with E-state index in [0.717, 1.165) is 45.0 Å². The Morgan fingerprint density at radius 1 is 1.30 bits per heavy atom. The lowest BCUT2D eigenvalue weighted by Crippen LogP contribution is -2.15. The molecule has 3 aromatic rings. The standard InChI is InChI=1S/C19H22N4O2S2/c1-5-23-18(16-7-6-8-26-16)21-22-19(23)27-11-17(24)20-14-9-13(3)15(25-4)10-12(14)2/h6-10H,5,11H2,1-4H3,(H,20,24). The van der Waals surface area contributed by atoms with E-state index in [-0.39, 0.29) is 11.7 Å². The molecule has 0 fully saturated rings. The summed E-state index contributed by atoms with van der Waals surface area (Å²) in [5.41, 5.74) is 2.75. The number of aromatic nitrogens is 3. The highest BCUT2D eigenvalue weighted by molar-refractivity contribution is 7.99. The van der Waals surface area contributed by atoms with Crippen LogP contribution in [0.4, 0.5) is 5.69 Å². The molecule has 0 aliphatic rings. The first kappa shape index (κ1) is 19.4. The molecule has 2 aromatic heterocycles. The molecule has 0 spiro atoms. The van der Waals surface area contributed by atoms with Crippen LogP contribution < -0.4 is 10.1 Å². The fourth-order valence-electron chi connectivity index (χ4n) is 2.73. The highest BCUT2D eigenvalue weighted by Crippen LogP contribution is 2.28. The third-order valence-corrected chi connectivity index (χ3v) is 5.96. The van der Waals surface area contributed by atoms with Gasteiger partial charge in [-0.15, -0.1) is 21.5 Å². The van der Waals surface area contributed by atoms with Gasteiger partial charge in [-0.3, -0.25) is 4.79 Å². The van der Waals surface area contributed by atoms with E-state index in [4.69, 9.17) is 4.74 Å². The molecule has 0 aliphatic carbocycles. The maximum Gasteiger partial charge on any atom is 0.234 e. The molecule has 6 nitrogen and oxygen atoms in total. The van der Waals surface area contributed by atoms with Gasteiger partial charge in [0.2, 0.25) is 5.91 Å². The molecule has 3 rings (SSSR count). The van der Waals surface area contributed by atoms with Crippen molar-refractivity contribution in [3.8, 4) is 16.5 Å². The van der Waals surface area contributed by atoms with Gasteiger partial charge in [-0.25, -0.2) is 0 Å². The van der Waals surface area contributed by atoms with Crippen molar-refractivity contribution in [2.75, 3.05) is 18.2 Å². The molecule has 0 bridgehead atoms. The van der Waals surface area contributed by atoms with E-state index >= 15 is 0 Å². The van der Waals surface area contributed by atoms with Gasteiger partial charge in [-0.1, -0.05) is 17.8 Å². The molecule has 0 aliphatic heterocycles. The zero-order chi connectivity index (χ0) is 19.4. The minimum atomic E-state index is -0.0732. The normalized spacial score (nSPS) is 10.8. The molecule has 2 heterocycles. The number of ether oxygens (including phenoxy) is 1. The van der Waals surface area contributed by atoms with Crippen molar-refractivity contribution >= 4 is 34.7 Å². The number of benzene rings is 1. The third kappa shape index (κ3) is 4.33. The number of carbonyl (C=O) groups excluding carboxylic acids is 1. The van der Waals surface area contributed by atoms with Crippen LogP contribution in [0.1, 0.15) is 18.1 Å². The van der Waals surface area contributed by atoms with Crippen LogP contribution in [-0.4, -0.2) is 33.5 Å². The van der Waals surface area contributed by atoms with Crippen LogP contribution in [0.15, 0.2) is 34.8 Å². The first-order chi connectivity index (χ1) is 13.0. The monoisotopic (exact) mass is 402 g/mol. The summed E-state index contributed by atoms with van der Waals surface area (Å²) in [5, 5.41) is 14.3. The van der Waals surface area contributed by atoms with Crippen molar-refractivity contribution in [1.82, 2.24) is 14.8 Å². The van der Waals surface area contributed by atoms with E-state index < -0.39 is 0 Å². The van der Waals surface area contributed by atoms with E-state index in [9.17, 15) is 4.79 Å². The highest BCUT2D eigenvalue weighted by Gasteiger charge is 2.16. The first-order valence-corrected chi connectivity index (χ1v) is 10.4. The molecule has 0 radical (unpaired) electrons. The second-order valence-electron chi connectivity index (χ2n) is 6.00. The summed E-state index contributed by atoms with van der Waals surface area (Å²) in [7, 11) is 1.64. The minimum absolute atomic E-state index is 0.0732. The molecule has 27 heavy (non-hydrogen) atoms. The van der Waals surface area contributed by atoms with Gasteiger partial charge >= 0.3 is 0 Å². The number of anilines is 1. The quantitative estimate of drug-likeness (QED) is 0.594. The van der Waals surface area contributed by atoms with Gasteiger partial charge in [0.1, 0.15) is 5.75 Å². The lowest BCUT2D eigenvalue weighted by atomic mass is 10.1.